The highest BCUT2D eigenvalue weighted by molar-refractivity contribution is 6.74. The van der Waals surface area contributed by atoms with Gasteiger partial charge in [-0.25, -0.2) is 0 Å². The second-order valence-electron chi connectivity index (χ2n) is 8.81. The first-order valence-corrected chi connectivity index (χ1v) is 11.5. The SMILES string of the molecule is CC1(C)O[C@@H](c2ccncc2N)C[C@H](O[Si](C)(C)C(C)(C)C)[C@@H]1O. The Kier molecular flexibility index (Phi) is 5.17. The van der Waals surface area contributed by atoms with E-state index >= 15 is 0 Å². The Morgan fingerprint density at radius 1 is 1.38 bits per heavy atom. The van der Waals surface area contributed by atoms with Crippen molar-refractivity contribution in [3.05, 3.63) is 24.0 Å². The van der Waals surface area contributed by atoms with Gasteiger partial charge in [0.2, 0.25) is 0 Å². The molecule has 1 aliphatic rings. The Balaban J connectivity index is 2.29. The molecule has 6 heteroatoms. The van der Waals surface area contributed by atoms with Gasteiger partial charge in [-0.1, -0.05) is 20.8 Å². The van der Waals surface area contributed by atoms with E-state index in [2.05, 4.69) is 38.8 Å². The molecule has 0 bridgehead atoms. The molecule has 136 valence electrons. The van der Waals surface area contributed by atoms with Gasteiger partial charge in [0.1, 0.15) is 6.10 Å². The summed E-state index contributed by atoms with van der Waals surface area (Å²) in [6, 6.07) is 1.89. The van der Waals surface area contributed by atoms with Gasteiger partial charge in [0.05, 0.1) is 29.7 Å². The van der Waals surface area contributed by atoms with Crippen LogP contribution in [0.3, 0.4) is 0 Å². The largest absolute Gasteiger partial charge is 0.411 e. The molecule has 0 radical (unpaired) electrons. The van der Waals surface area contributed by atoms with Crippen molar-refractivity contribution in [1.29, 1.82) is 0 Å². The number of aromatic nitrogens is 1. The Bertz CT molecular complexity index is 584. The van der Waals surface area contributed by atoms with Crippen LogP contribution in [0.25, 0.3) is 0 Å². The normalized spacial score (nSPS) is 27.9. The van der Waals surface area contributed by atoms with Crippen molar-refractivity contribution in [3.8, 4) is 0 Å². The van der Waals surface area contributed by atoms with Crippen LogP contribution in [0.5, 0.6) is 0 Å². The molecule has 2 rings (SSSR count). The zero-order valence-electron chi connectivity index (χ0n) is 16.0. The predicted octanol–water partition coefficient (Wildman–Crippen LogP) is 3.66. The van der Waals surface area contributed by atoms with Gasteiger partial charge in [0, 0.05) is 18.2 Å². The van der Waals surface area contributed by atoms with Crippen LogP contribution in [0.2, 0.25) is 18.1 Å². The number of hydrogen-bond acceptors (Lipinski definition) is 5. The van der Waals surface area contributed by atoms with E-state index in [1.165, 1.54) is 0 Å². The van der Waals surface area contributed by atoms with Gasteiger partial charge in [0.25, 0.3) is 0 Å². The monoisotopic (exact) mass is 352 g/mol. The van der Waals surface area contributed by atoms with Crippen molar-refractivity contribution in [2.45, 2.75) is 83.1 Å². The molecule has 0 unspecified atom stereocenters. The fourth-order valence-electron chi connectivity index (χ4n) is 2.84. The molecule has 3 N–H and O–H groups in total. The van der Waals surface area contributed by atoms with Crippen LogP contribution in [0.1, 0.15) is 52.7 Å². The average Bonchev–Trinajstić information content (AvgIpc) is 2.42. The summed E-state index contributed by atoms with van der Waals surface area (Å²) < 4.78 is 12.7. The minimum absolute atomic E-state index is 0.0837. The van der Waals surface area contributed by atoms with Gasteiger partial charge in [0.15, 0.2) is 8.32 Å². The van der Waals surface area contributed by atoms with Crippen LogP contribution < -0.4 is 5.73 Å². The number of aliphatic hydroxyl groups excluding tert-OH is 1. The average molecular weight is 353 g/mol. The number of hydrogen-bond donors (Lipinski definition) is 2. The fourth-order valence-corrected chi connectivity index (χ4v) is 4.18. The van der Waals surface area contributed by atoms with Crippen LogP contribution in [-0.4, -0.2) is 36.2 Å². The van der Waals surface area contributed by atoms with Gasteiger partial charge >= 0.3 is 0 Å². The molecule has 0 amide bonds. The Labute approximate surface area is 146 Å². The molecule has 1 aromatic heterocycles. The highest BCUT2D eigenvalue weighted by atomic mass is 28.4. The van der Waals surface area contributed by atoms with Crippen molar-refractivity contribution in [2.24, 2.45) is 0 Å². The topological polar surface area (TPSA) is 77.6 Å². The lowest BCUT2D eigenvalue weighted by atomic mass is 9.87. The van der Waals surface area contributed by atoms with E-state index in [9.17, 15) is 5.11 Å². The molecule has 1 aliphatic heterocycles. The van der Waals surface area contributed by atoms with E-state index in [0.29, 0.717) is 12.1 Å². The van der Waals surface area contributed by atoms with Gasteiger partial charge in [-0.05, 0) is 38.0 Å². The number of aliphatic hydroxyl groups is 1. The summed E-state index contributed by atoms with van der Waals surface area (Å²) in [4.78, 5) is 4.05. The molecule has 0 aromatic carbocycles. The summed E-state index contributed by atoms with van der Waals surface area (Å²) in [6.07, 6.45) is 2.79. The maximum atomic E-state index is 10.8. The molecule has 1 fully saturated rings. The number of ether oxygens (including phenoxy) is 1. The third-order valence-corrected chi connectivity index (χ3v) is 9.95. The van der Waals surface area contributed by atoms with Crippen LogP contribution in [-0.2, 0) is 9.16 Å². The zero-order chi connectivity index (χ0) is 18.3. The standard InChI is InChI=1S/C18H32N2O3Si/c1-17(2,3)24(6,7)23-15-10-14(22-18(4,5)16(15)21)12-8-9-20-11-13(12)19/h8-9,11,14-16,21H,10,19H2,1-7H3/t14-,15+,16+/m1/s1. The summed E-state index contributed by atoms with van der Waals surface area (Å²) in [5.74, 6) is 0. The van der Waals surface area contributed by atoms with Crippen molar-refractivity contribution in [1.82, 2.24) is 4.98 Å². The number of nitrogens with two attached hydrogens (primary N) is 1. The van der Waals surface area contributed by atoms with Gasteiger partial charge in [-0.15, -0.1) is 0 Å². The highest BCUT2D eigenvalue weighted by Gasteiger charge is 2.48. The molecule has 2 heterocycles. The van der Waals surface area contributed by atoms with Crippen molar-refractivity contribution in [3.63, 3.8) is 0 Å². The minimum atomic E-state index is -2.00. The Hall–Kier alpha value is -0.953. The summed E-state index contributed by atoms with van der Waals surface area (Å²) in [7, 11) is -2.00. The summed E-state index contributed by atoms with van der Waals surface area (Å²) in [6.45, 7) is 14.8. The lowest BCUT2D eigenvalue weighted by molar-refractivity contribution is -0.210. The summed E-state index contributed by atoms with van der Waals surface area (Å²) in [5.41, 5.74) is 6.90. The van der Waals surface area contributed by atoms with E-state index in [-0.39, 0.29) is 17.2 Å². The molecule has 5 nitrogen and oxygen atoms in total. The van der Waals surface area contributed by atoms with Crippen molar-refractivity contribution in [2.75, 3.05) is 5.73 Å². The van der Waals surface area contributed by atoms with Gasteiger partial charge in [-0.3, -0.25) is 4.98 Å². The van der Waals surface area contributed by atoms with Crippen LogP contribution >= 0.6 is 0 Å². The molecule has 1 aromatic rings. The number of pyridine rings is 1. The Morgan fingerprint density at radius 3 is 2.54 bits per heavy atom. The van der Waals surface area contributed by atoms with Crippen molar-refractivity contribution >= 4 is 14.0 Å². The summed E-state index contributed by atoms with van der Waals surface area (Å²) >= 11 is 0. The molecule has 3 atom stereocenters. The van der Waals surface area contributed by atoms with Crippen LogP contribution in [0.4, 0.5) is 5.69 Å². The Morgan fingerprint density at radius 2 is 2.00 bits per heavy atom. The first-order valence-electron chi connectivity index (χ1n) is 8.58. The van der Waals surface area contributed by atoms with E-state index in [1.807, 2.05) is 19.9 Å². The molecule has 0 saturated carbocycles. The zero-order valence-corrected chi connectivity index (χ0v) is 17.0. The second-order valence-corrected chi connectivity index (χ2v) is 13.6. The summed E-state index contributed by atoms with van der Waals surface area (Å²) in [5, 5.41) is 10.9. The molecule has 24 heavy (non-hydrogen) atoms. The highest BCUT2D eigenvalue weighted by Crippen LogP contribution is 2.44. The van der Waals surface area contributed by atoms with Crippen LogP contribution in [0.15, 0.2) is 18.5 Å². The maximum absolute atomic E-state index is 10.8. The lowest BCUT2D eigenvalue weighted by Gasteiger charge is -2.48. The quantitative estimate of drug-likeness (QED) is 0.812. The molecule has 0 spiro atoms. The molecule has 1 saturated heterocycles. The van der Waals surface area contributed by atoms with E-state index < -0.39 is 20.0 Å². The fraction of sp³-hybridized carbons (Fsp3) is 0.722. The van der Waals surface area contributed by atoms with Gasteiger partial charge in [-0.2, -0.15) is 0 Å². The third kappa shape index (κ3) is 3.82. The van der Waals surface area contributed by atoms with Crippen LogP contribution in [0, 0.1) is 0 Å². The number of rotatable bonds is 3. The minimum Gasteiger partial charge on any atom is -0.411 e. The third-order valence-electron chi connectivity index (χ3n) is 5.44. The maximum Gasteiger partial charge on any atom is 0.192 e. The van der Waals surface area contributed by atoms with E-state index in [4.69, 9.17) is 14.9 Å². The number of nitrogen functional groups attached to an aromatic ring is 1. The smallest absolute Gasteiger partial charge is 0.192 e. The number of anilines is 1. The van der Waals surface area contributed by atoms with E-state index in [0.717, 1.165) is 5.56 Å². The molecule has 0 aliphatic carbocycles. The lowest BCUT2D eigenvalue weighted by Crippen LogP contribution is -2.57. The van der Waals surface area contributed by atoms with Gasteiger partial charge < -0.3 is 20.0 Å². The molecular weight excluding hydrogens is 320 g/mol. The second kappa shape index (κ2) is 6.41. The number of nitrogens with zero attached hydrogens (tertiary/aromatic N) is 1. The van der Waals surface area contributed by atoms with Crippen molar-refractivity contribution < 1.29 is 14.3 Å². The molecular formula is C18H32N2O3Si. The van der Waals surface area contributed by atoms with E-state index in [1.54, 1.807) is 12.4 Å². The first-order chi connectivity index (χ1) is 10.8. The predicted molar refractivity (Wildman–Crippen MR) is 99.2 cm³/mol. The first kappa shape index (κ1) is 19.4.